The van der Waals surface area contributed by atoms with Gasteiger partial charge in [-0.3, -0.25) is 18.7 Å². The summed E-state index contributed by atoms with van der Waals surface area (Å²) in [6.45, 7) is 3.00. The van der Waals surface area contributed by atoms with Gasteiger partial charge in [0.15, 0.2) is 11.2 Å². The minimum Gasteiger partial charge on any atom is -0.368 e. The number of hydrogen-bond donors (Lipinski definition) is 1. The number of halogens is 1. The van der Waals surface area contributed by atoms with E-state index in [0.29, 0.717) is 5.56 Å². The number of fused-ring (bicyclic) bond motifs is 1. The number of benzene rings is 1. The first-order valence-electron chi connectivity index (χ1n) is 9.44. The van der Waals surface area contributed by atoms with Crippen molar-refractivity contribution in [2.75, 3.05) is 0 Å². The molecule has 0 radical (unpaired) electrons. The van der Waals surface area contributed by atoms with E-state index in [9.17, 15) is 18.8 Å². The molecule has 0 saturated carbocycles. The minimum absolute atomic E-state index is 0.0363. The molecule has 2 N–H and O–H groups in total. The molecule has 0 aliphatic carbocycles. The molecule has 0 spiro atoms. The zero-order chi connectivity index (χ0) is 22.4. The summed E-state index contributed by atoms with van der Waals surface area (Å²) in [5.74, 6) is -1.05. The van der Waals surface area contributed by atoms with Gasteiger partial charge in [-0.2, -0.15) is 10.1 Å². The summed E-state index contributed by atoms with van der Waals surface area (Å²) in [5.41, 5.74) is 5.66. The Balaban J connectivity index is 2.11. The molecule has 0 fully saturated rings. The average molecular weight is 425 g/mol. The fourth-order valence-corrected chi connectivity index (χ4v) is 3.60. The first kappa shape index (κ1) is 20.3. The number of amides is 1. The predicted molar refractivity (Wildman–Crippen MR) is 111 cm³/mol. The molecule has 4 aromatic rings. The molecule has 4 rings (SSSR count). The molecular formula is C20H20FN7O3. The molecule has 3 aromatic heterocycles. The summed E-state index contributed by atoms with van der Waals surface area (Å²) >= 11 is 0. The van der Waals surface area contributed by atoms with Crippen molar-refractivity contribution in [2.24, 2.45) is 12.8 Å². The second kappa shape index (κ2) is 7.35. The lowest BCUT2D eigenvalue weighted by atomic mass is 10.2. The van der Waals surface area contributed by atoms with Crippen molar-refractivity contribution in [3.8, 4) is 5.95 Å². The van der Waals surface area contributed by atoms with Gasteiger partial charge in [0.25, 0.3) is 5.56 Å². The first-order chi connectivity index (χ1) is 14.7. The van der Waals surface area contributed by atoms with Crippen molar-refractivity contribution in [1.29, 1.82) is 0 Å². The van der Waals surface area contributed by atoms with E-state index < -0.39 is 29.5 Å². The number of aryl methyl sites for hydroxylation is 3. The van der Waals surface area contributed by atoms with Gasteiger partial charge in [0, 0.05) is 18.3 Å². The third-order valence-corrected chi connectivity index (χ3v) is 5.01. The Morgan fingerprint density at radius 1 is 1.16 bits per heavy atom. The third kappa shape index (κ3) is 3.33. The number of imidazole rings is 1. The molecule has 0 unspecified atom stereocenters. The Morgan fingerprint density at radius 3 is 2.48 bits per heavy atom. The highest BCUT2D eigenvalue weighted by Gasteiger charge is 2.23. The second-order valence-corrected chi connectivity index (χ2v) is 7.30. The van der Waals surface area contributed by atoms with Gasteiger partial charge in [-0.1, -0.05) is 18.2 Å². The maximum absolute atomic E-state index is 14.4. The number of nitrogens with two attached hydrogens (primary N) is 1. The fraction of sp³-hybridized carbons (Fsp3) is 0.250. The van der Waals surface area contributed by atoms with Crippen LogP contribution in [-0.2, 0) is 24.9 Å². The summed E-state index contributed by atoms with van der Waals surface area (Å²) in [6, 6.07) is 7.99. The van der Waals surface area contributed by atoms with Gasteiger partial charge >= 0.3 is 5.69 Å². The van der Waals surface area contributed by atoms with Crippen LogP contribution in [0, 0.1) is 19.7 Å². The van der Waals surface area contributed by atoms with E-state index in [1.807, 2.05) is 19.9 Å². The number of hydrogen-bond acceptors (Lipinski definition) is 5. The van der Waals surface area contributed by atoms with Crippen LogP contribution in [0.4, 0.5) is 4.39 Å². The zero-order valence-corrected chi connectivity index (χ0v) is 17.2. The number of primary amides is 1. The molecular weight excluding hydrogens is 405 g/mol. The molecule has 3 heterocycles. The summed E-state index contributed by atoms with van der Waals surface area (Å²) in [4.78, 5) is 41.8. The average Bonchev–Trinajstić information content (AvgIpc) is 3.24. The summed E-state index contributed by atoms with van der Waals surface area (Å²) < 4.78 is 19.4. The molecule has 1 amide bonds. The van der Waals surface area contributed by atoms with Gasteiger partial charge in [0.2, 0.25) is 11.9 Å². The lowest BCUT2D eigenvalue weighted by Crippen LogP contribution is -2.42. The number of rotatable bonds is 5. The van der Waals surface area contributed by atoms with Gasteiger partial charge < -0.3 is 5.73 Å². The van der Waals surface area contributed by atoms with E-state index >= 15 is 0 Å². The van der Waals surface area contributed by atoms with Gasteiger partial charge in [-0.05, 0) is 26.0 Å². The quantitative estimate of drug-likeness (QED) is 0.495. The lowest BCUT2D eigenvalue weighted by Gasteiger charge is -2.11. The minimum atomic E-state index is -0.836. The lowest BCUT2D eigenvalue weighted by molar-refractivity contribution is -0.118. The topological polar surface area (TPSA) is 123 Å². The molecule has 31 heavy (non-hydrogen) atoms. The summed E-state index contributed by atoms with van der Waals surface area (Å²) in [6.07, 6.45) is 0. The van der Waals surface area contributed by atoms with Crippen molar-refractivity contribution in [2.45, 2.75) is 26.9 Å². The maximum atomic E-state index is 14.4. The zero-order valence-electron chi connectivity index (χ0n) is 17.2. The molecule has 0 saturated heterocycles. The van der Waals surface area contributed by atoms with E-state index in [2.05, 4.69) is 10.1 Å². The Bertz CT molecular complexity index is 1460. The Morgan fingerprint density at radius 2 is 1.87 bits per heavy atom. The normalized spacial score (nSPS) is 11.4. The van der Waals surface area contributed by atoms with Crippen LogP contribution in [0.3, 0.4) is 0 Å². The molecule has 0 atom stereocenters. The van der Waals surface area contributed by atoms with Crippen LogP contribution in [-0.4, -0.2) is 34.4 Å². The van der Waals surface area contributed by atoms with E-state index in [-0.39, 0.29) is 23.7 Å². The third-order valence-electron chi connectivity index (χ3n) is 5.01. The van der Waals surface area contributed by atoms with Gasteiger partial charge in [0.1, 0.15) is 12.4 Å². The van der Waals surface area contributed by atoms with Crippen LogP contribution < -0.4 is 17.0 Å². The molecule has 0 aliphatic heterocycles. The highest BCUT2D eigenvalue weighted by atomic mass is 19.1. The second-order valence-electron chi connectivity index (χ2n) is 7.30. The van der Waals surface area contributed by atoms with Gasteiger partial charge in [-0.15, -0.1) is 0 Å². The van der Waals surface area contributed by atoms with Crippen molar-refractivity contribution in [3.05, 3.63) is 73.9 Å². The largest absolute Gasteiger partial charge is 0.368 e. The van der Waals surface area contributed by atoms with E-state index in [1.54, 1.807) is 18.2 Å². The number of carbonyl (C=O) groups excluding carboxylic acids is 1. The smallest absolute Gasteiger partial charge is 0.332 e. The Hall–Kier alpha value is -4.02. The van der Waals surface area contributed by atoms with Crippen molar-refractivity contribution >= 4 is 17.1 Å². The van der Waals surface area contributed by atoms with Gasteiger partial charge in [0.05, 0.1) is 12.2 Å². The van der Waals surface area contributed by atoms with Crippen LogP contribution in [0.1, 0.15) is 17.0 Å². The van der Waals surface area contributed by atoms with Crippen molar-refractivity contribution in [3.63, 3.8) is 0 Å². The molecule has 0 aliphatic rings. The standard InChI is InChI=1S/C20H20FN7O3/c1-11-8-12(2)28(24-11)19-23-17-16(26(19)9-13-6-4-5-7-14(13)21)18(30)27(10-15(22)29)20(31)25(17)3/h4-8H,9-10H2,1-3H3,(H2,22,29). The van der Waals surface area contributed by atoms with Crippen LogP contribution in [0.5, 0.6) is 0 Å². The van der Waals surface area contributed by atoms with E-state index in [1.165, 1.54) is 22.4 Å². The van der Waals surface area contributed by atoms with Crippen LogP contribution >= 0.6 is 0 Å². The molecule has 10 nitrogen and oxygen atoms in total. The van der Waals surface area contributed by atoms with Crippen molar-refractivity contribution < 1.29 is 9.18 Å². The maximum Gasteiger partial charge on any atom is 0.332 e. The number of nitrogens with zero attached hydrogens (tertiary/aromatic N) is 6. The number of aromatic nitrogens is 6. The highest BCUT2D eigenvalue weighted by molar-refractivity contribution is 5.75. The summed E-state index contributed by atoms with van der Waals surface area (Å²) in [7, 11) is 1.44. The van der Waals surface area contributed by atoms with Crippen LogP contribution in [0.15, 0.2) is 39.9 Å². The highest BCUT2D eigenvalue weighted by Crippen LogP contribution is 2.20. The molecule has 0 bridgehead atoms. The number of carbonyl (C=O) groups is 1. The molecule has 1 aromatic carbocycles. The van der Waals surface area contributed by atoms with Crippen LogP contribution in [0.2, 0.25) is 0 Å². The first-order valence-corrected chi connectivity index (χ1v) is 9.44. The van der Waals surface area contributed by atoms with E-state index in [4.69, 9.17) is 5.73 Å². The van der Waals surface area contributed by atoms with Crippen molar-refractivity contribution in [1.82, 2.24) is 28.5 Å². The Kier molecular flexibility index (Phi) is 4.80. The van der Waals surface area contributed by atoms with E-state index in [0.717, 1.165) is 20.5 Å². The summed E-state index contributed by atoms with van der Waals surface area (Å²) in [5, 5.41) is 4.42. The SMILES string of the molecule is Cc1cc(C)n(-c2nc3c(c(=O)n(CC(N)=O)c(=O)n3C)n2Cc2ccccc2F)n1. The van der Waals surface area contributed by atoms with Crippen LogP contribution in [0.25, 0.3) is 17.1 Å². The Labute approximate surface area is 175 Å². The monoisotopic (exact) mass is 425 g/mol. The van der Waals surface area contributed by atoms with Gasteiger partial charge in [-0.25, -0.2) is 18.4 Å². The fourth-order valence-electron chi connectivity index (χ4n) is 3.60. The molecule has 11 heteroatoms. The predicted octanol–water partition coefficient (Wildman–Crippen LogP) is 0.372. The molecule has 160 valence electrons.